The molecule has 1 aromatic heterocycles. The van der Waals surface area contributed by atoms with Gasteiger partial charge in [-0.3, -0.25) is 14.6 Å². The minimum Gasteiger partial charge on any atom is -0.497 e. The van der Waals surface area contributed by atoms with Gasteiger partial charge in [-0.15, -0.1) is 6.58 Å². The quantitative estimate of drug-likeness (QED) is 0.444. The number of aromatic nitrogens is 1. The number of hydrogen-bond donors (Lipinski definition) is 1. The third-order valence-corrected chi connectivity index (χ3v) is 6.09. The Morgan fingerprint density at radius 2 is 1.94 bits per heavy atom. The van der Waals surface area contributed by atoms with Gasteiger partial charge in [0.05, 0.1) is 17.6 Å². The monoisotopic (exact) mass is 447 g/mol. The topological polar surface area (TPSA) is 97.8 Å². The number of methoxy groups -OCH3 is 1. The third-order valence-electron chi connectivity index (χ3n) is 4.23. The van der Waals surface area contributed by atoms with E-state index in [1.54, 1.807) is 57.4 Å². The molecular formula is C22H29N3O5S. The van der Waals surface area contributed by atoms with Crippen molar-refractivity contribution in [2.24, 2.45) is 0 Å². The molecule has 0 spiro atoms. The molecular weight excluding hydrogens is 418 g/mol. The summed E-state index contributed by atoms with van der Waals surface area (Å²) in [7, 11) is -2.56. The Labute approximate surface area is 183 Å². The Morgan fingerprint density at radius 3 is 2.45 bits per heavy atom. The van der Waals surface area contributed by atoms with Crippen LogP contribution in [0.25, 0.3) is 0 Å². The van der Waals surface area contributed by atoms with Crippen LogP contribution >= 0.6 is 0 Å². The minimum absolute atomic E-state index is 0.0378. The number of pyridine rings is 1. The van der Waals surface area contributed by atoms with Crippen molar-refractivity contribution in [2.75, 3.05) is 7.11 Å². The number of hydroxylamine groups is 1. The highest BCUT2D eigenvalue weighted by Gasteiger charge is 2.36. The number of rotatable bonds is 10. The third kappa shape index (κ3) is 6.88. The summed E-state index contributed by atoms with van der Waals surface area (Å²) in [4.78, 5) is 22.4. The molecule has 2 rings (SSSR count). The fourth-order valence-electron chi connectivity index (χ4n) is 2.70. The normalized spacial score (nSPS) is 12.9. The van der Waals surface area contributed by atoms with E-state index in [-0.39, 0.29) is 17.9 Å². The molecule has 31 heavy (non-hydrogen) atoms. The van der Waals surface area contributed by atoms with E-state index in [0.29, 0.717) is 11.3 Å². The first-order chi connectivity index (χ1) is 14.6. The zero-order valence-electron chi connectivity index (χ0n) is 18.2. The summed E-state index contributed by atoms with van der Waals surface area (Å²) >= 11 is 0. The Balaban J connectivity index is 2.47. The van der Waals surface area contributed by atoms with E-state index >= 15 is 0 Å². The SMILES string of the molecule is C=CC[C@@H](C(=O)NOC(C)(C)C)N(Cc1cccnc1)S(=O)(=O)c1ccc(OC)cc1. The maximum atomic E-state index is 13.6. The number of ether oxygens (including phenoxy) is 1. The molecule has 0 radical (unpaired) electrons. The van der Waals surface area contributed by atoms with Gasteiger partial charge in [-0.05, 0) is 63.1 Å². The van der Waals surface area contributed by atoms with Crippen LogP contribution in [0.1, 0.15) is 32.8 Å². The summed E-state index contributed by atoms with van der Waals surface area (Å²) < 4.78 is 33.4. The molecule has 0 aliphatic heterocycles. The molecule has 2 aromatic rings. The van der Waals surface area contributed by atoms with Crippen molar-refractivity contribution >= 4 is 15.9 Å². The number of carbonyl (C=O) groups is 1. The lowest BCUT2D eigenvalue weighted by Gasteiger charge is -2.30. The highest BCUT2D eigenvalue weighted by molar-refractivity contribution is 7.89. The van der Waals surface area contributed by atoms with E-state index in [4.69, 9.17) is 9.57 Å². The number of benzene rings is 1. The van der Waals surface area contributed by atoms with Crippen molar-refractivity contribution < 1.29 is 22.8 Å². The smallest absolute Gasteiger partial charge is 0.262 e. The van der Waals surface area contributed by atoms with Crippen LogP contribution in [0.4, 0.5) is 0 Å². The molecule has 0 saturated heterocycles. The second-order valence-electron chi connectivity index (χ2n) is 7.81. The lowest BCUT2D eigenvalue weighted by Crippen LogP contribution is -2.50. The Hall–Kier alpha value is -2.75. The van der Waals surface area contributed by atoms with Crippen LogP contribution in [0, 0.1) is 0 Å². The first-order valence-electron chi connectivity index (χ1n) is 9.72. The summed E-state index contributed by atoms with van der Waals surface area (Å²) in [5.74, 6) is -0.0625. The van der Waals surface area contributed by atoms with Crippen LogP contribution in [0.3, 0.4) is 0 Å². The fourth-order valence-corrected chi connectivity index (χ4v) is 4.29. The lowest BCUT2D eigenvalue weighted by molar-refractivity contribution is -0.149. The number of hydrogen-bond acceptors (Lipinski definition) is 6. The molecule has 1 amide bonds. The lowest BCUT2D eigenvalue weighted by atomic mass is 10.1. The molecule has 1 heterocycles. The predicted molar refractivity (Wildman–Crippen MR) is 118 cm³/mol. The maximum absolute atomic E-state index is 13.6. The van der Waals surface area contributed by atoms with Gasteiger partial charge in [0.15, 0.2) is 0 Å². The van der Waals surface area contributed by atoms with Crippen molar-refractivity contribution in [1.29, 1.82) is 0 Å². The molecule has 0 bridgehead atoms. The zero-order valence-corrected chi connectivity index (χ0v) is 19.1. The highest BCUT2D eigenvalue weighted by atomic mass is 32.2. The number of amides is 1. The van der Waals surface area contributed by atoms with Gasteiger partial charge in [-0.2, -0.15) is 4.31 Å². The molecule has 1 atom stereocenters. The van der Waals surface area contributed by atoms with Crippen molar-refractivity contribution in [3.8, 4) is 5.75 Å². The van der Waals surface area contributed by atoms with Crippen LogP contribution in [0.15, 0.2) is 66.3 Å². The fraction of sp³-hybridized carbons (Fsp3) is 0.364. The van der Waals surface area contributed by atoms with Crippen LogP contribution < -0.4 is 10.2 Å². The number of sulfonamides is 1. The number of carbonyl (C=O) groups excluding carboxylic acids is 1. The Kier molecular flexibility index (Phi) is 8.32. The van der Waals surface area contributed by atoms with E-state index < -0.39 is 27.6 Å². The first-order valence-corrected chi connectivity index (χ1v) is 11.2. The summed E-state index contributed by atoms with van der Waals surface area (Å²) in [5.41, 5.74) is 2.38. The summed E-state index contributed by atoms with van der Waals surface area (Å²) in [6.07, 6.45) is 4.75. The molecule has 8 nitrogen and oxygen atoms in total. The molecule has 0 unspecified atom stereocenters. The van der Waals surface area contributed by atoms with Crippen LogP contribution in [0.5, 0.6) is 5.75 Å². The molecule has 0 saturated carbocycles. The minimum atomic E-state index is -4.06. The van der Waals surface area contributed by atoms with E-state index in [9.17, 15) is 13.2 Å². The molecule has 168 valence electrons. The molecule has 1 aromatic carbocycles. The largest absolute Gasteiger partial charge is 0.497 e. The predicted octanol–water partition coefficient (Wildman–Crippen LogP) is 3.07. The van der Waals surface area contributed by atoms with Crippen LogP contribution in [-0.4, -0.2) is 42.4 Å². The van der Waals surface area contributed by atoms with Gasteiger partial charge in [-0.25, -0.2) is 13.9 Å². The summed E-state index contributed by atoms with van der Waals surface area (Å²) in [5, 5.41) is 0. The van der Waals surface area contributed by atoms with E-state index in [1.807, 2.05) is 0 Å². The first kappa shape index (κ1) is 24.5. The summed E-state index contributed by atoms with van der Waals surface area (Å²) in [6, 6.07) is 8.38. The molecule has 0 aliphatic rings. The Morgan fingerprint density at radius 1 is 1.26 bits per heavy atom. The second-order valence-corrected chi connectivity index (χ2v) is 9.70. The van der Waals surface area contributed by atoms with Crippen molar-refractivity contribution in [1.82, 2.24) is 14.8 Å². The van der Waals surface area contributed by atoms with Crippen LogP contribution in [-0.2, 0) is 26.2 Å². The number of nitrogens with one attached hydrogen (secondary N) is 1. The zero-order chi connectivity index (χ0) is 23.1. The van der Waals surface area contributed by atoms with Gasteiger partial charge in [0.25, 0.3) is 5.91 Å². The van der Waals surface area contributed by atoms with E-state index in [2.05, 4.69) is 17.0 Å². The standard InChI is InChI=1S/C22H29N3O5S/c1-6-8-20(21(26)24-30-22(2,3)4)25(16-17-9-7-14-23-15-17)31(27,28)19-12-10-18(29-5)11-13-19/h6-7,9-15,20H,1,8,16H2,2-5H3,(H,24,26)/t20-/m0/s1. The average molecular weight is 448 g/mol. The van der Waals surface area contributed by atoms with Crippen molar-refractivity contribution in [2.45, 2.75) is 50.3 Å². The van der Waals surface area contributed by atoms with Crippen molar-refractivity contribution in [3.05, 3.63) is 67.0 Å². The van der Waals surface area contributed by atoms with Gasteiger partial charge in [0, 0.05) is 18.9 Å². The van der Waals surface area contributed by atoms with Gasteiger partial charge >= 0.3 is 0 Å². The second kappa shape index (κ2) is 10.5. The Bertz CT molecular complexity index is 970. The van der Waals surface area contributed by atoms with Gasteiger partial charge < -0.3 is 4.74 Å². The maximum Gasteiger partial charge on any atom is 0.262 e. The summed E-state index contributed by atoms with van der Waals surface area (Å²) in [6.45, 7) is 8.96. The average Bonchev–Trinajstić information content (AvgIpc) is 2.74. The van der Waals surface area contributed by atoms with E-state index in [1.165, 1.54) is 25.3 Å². The van der Waals surface area contributed by atoms with Gasteiger partial charge in [0.2, 0.25) is 10.0 Å². The van der Waals surface area contributed by atoms with Gasteiger partial charge in [-0.1, -0.05) is 12.1 Å². The molecule has 1 N–H and O–H groups in total. The highest BCUT2D eigenvalue weighted by Crippen LogP contribution is 2.25. The molecule has 9 heteroatoms. The molecule has 0 fully saturated rings. The van der Waals surface area contributed by atoms with E-state index in [0.717, 1.165) is 4.31 Å². The number of nitrogens with zero attached hydrogens (tertiary/aromatic N) is 2. The van der Waals surface area contributed by atoms with Crippen molar-refractivity contribution in [3.63, 3.8) is 0 Å². The van der Waals surface area contributed by atoms with Crippen LogP contribution in [0.2, 0.25) is 0 Å². The molecule has 0 aliphatic carbocycles. The van der Waals surface area contributed by atoms with Gasteiger partial charge in [0.1, 0.15) is 11.8 Å².